The van der Waals surface area contributed by atoms with Gasteiger partial charge in [-0.15, -0.1) is 0 Å². The highest BCUT2D eigenvalue weighted by atomic mass is 32.1. The highest BCUT2D eigenvalue weighted by Crippen LogP contribution is 2.03. The summed E-state index contributed by atoms with van der Waals surface area (Å²) >= 11 is 4.94. The normalized spacial score (nSPS) is 9.88. The van der Waals surface area contributed by atoms with E-state index in [1.54, 1.807) is 0 Å². The van der Waals surface area contributed by atoms with E-state index in [2.05, 4.69) is 16.2 Å². The van der Waals surface area contributed by atoms with E-state index >= 15 is 0 Å². The van der Waals surface area contributed by atoms with Crippen LogP contribution in [-0.2, 0) is 22.4 Å². The van der Waals surface area contributed by atoms with Crippen molar-refractivity contribution >= 4 is 29.1 Å². The lowest BCUT2D eigenvalue weighted by Crippen LogP contribution is -2.49. The highest BCUT2D eigenvalue weighted by Gasteiger charge is 2.07. The molecular formula is C17H16FN3O2S. The molecule has 0 spiro atoms. The first-order valence-corrected chi connectivity index (χ1v) is 7.61. The van der Waals surface area contributed by atoms with Crippen molar-refractivity contribution in [1.82, 2.24) is 16.2 Å². The maximum Gasteiger partial charge on any atom is 0.242 e. The third kappa shape index (κ3) is 6.13. The summed E-state index contributed by atoms with van der Waals surface area (Å²) in [5.41, 5.74) is 6.35. The number of hydrazine groups is 1. The Bertz CT molecular complexity index is 720. The fourth-order valence-electron chi connectivity index (χ4n) is 1.94. The molecule has 24 heavy (non-hydrogen) atoms. The van der Waals surface area contributed by atoms with E-state index in [1.165, 1.54) is 24.3 Å². The minimum absolute atomic E-state index is 0.00314. The van der Waals surface area contributed by atoms with Gasteiger partial charge in [0.05, 0.1) is 12.8 Å². The summed E-state index contributed by atoms with van der Waals surface area (Å²) in [6.07, 6.45) is 0.250. The first-order valence-electron chi connectivity index (χ1n) is 7.20. The molecule has 0 aliphatic carbocycles. The largest absolute Gasteiger partial charge is 0.302 e. The fraction of sp³-hybridized carbons (Fsp3) is 0.118. The lowest BCUT2D eigenvalue weighted by atomic mass is 10.1. The molecule has 0 heterocycles. The molecule has 2 aromatic rings. The molecule has 0 aliphatic heterocycles. The molecule has 7 heteroatoms. The molecule has 0 bridgehead atoms. The molecule has 124 valence electrons. The van der Waals surface area contributed by atoms with Crippen molar-refractivity contribution in [2.75, 3.05) is 0 Å². The number of carbonyl (C=O) groups excluding carboxylic acids is 2. The number of benzene rings is 2. The van der Waals surface area contributed by atoms with Gasteiger partial charge in [0.1, 0.15) is 5.82 Å². The van der Waals surface area contributed by atoms with Crippen molar-refractivity contribution in [1.29, 1.82) is 0 Å². The van der Waals surface area contributed by atoms with Gasteiger partial charge in [-0.1, -0.05) is 42.5 Å². The van der Waals surface area contributed by atoms with Crippen LogP contribution in [0.15, 0.2) is 54.6 Å². The third-order valence-electron chi connectivity index (χ3n) is 3.05. The minimum atomic E-state index is -0.361. The molecule has 2 amide bonds. The molecule has 2 aromatic carbocycles. The molecule has 0 saturated carbocycles. The van der Waals surface area contributed by atoms with E-state index in [0.717, 1.165) is 5.56 Å². The third-order valence-corrected chi connectivity index (χ3v) is 3.26. The van der Waals surface area contributed by atoms with Crippen LogP contribution < -0.4 is 16.2 Å². The van der Waals surface area contributed by atoms with Gasteiger partial charge >= 0.3 is 0 Å². The van der Waals surface area contributed by atoms with Gasteiger partial charge in [0, 0.05) is 0 Å². The lowest BCUT2D eigenvalue weighted by molar-refractivity contribution is -0.121. The first kappa shape index (κ1) is 17.6. The highest BCUT2D eigenvalue weighted by molar-refractivity contribution is 7.80. The van der Waals surface area contributed by atoms with Crippen LogP contribution in [0.4, 0.5) is 4.39 Å². The zero-order valence-corrected chi connectivity index (χ0v) is 13.5. The van der Waals surface area contributed by atoms with Gasteiger partial charge < -0.3 is 5.32 Å². The quantitative estimate of drug-likeness (QED) is 0.582. The zero-order valence-electron chi connectivity index (χ0n) is 12.7. The second-order valence-electron chi connectivity index (χ2n) is 5.02. The molecule has 0 aromatic heterocycles. The van der Waals surface area contributed by atoms with Crippen LogP contribution in [0.2, 0.25) is 0 Å². The predicted molar refractivity (Wildman–Crippen MR) is 92.3 cm³/mol. The second-order valence-corrected chi connectivity index (χ2v) is 5.42. The molecule has 0 atom stereocenters. The summed E-state index contributed by atoms with van der Waals surface area (Å²) in [7, 11) is 0. The van der Waals surface area contributed by atoms with Crippen LogP contribution >= 0.6 is 12.2 Å². The van der Waals surface area contributed by atoms with Crippen LogP contribution in [-0.4, -0.2) is 16.9 Å². The van der Waals surface area contributed by atoms with Crippen LogP contribution in [0, 0.1) is 5.82 Å². The molecule has 0 fully saturated rings. The van der Waals surface area contributed by atoms with Gasteiger partial charge in [0.25, 0.3) is 0 Å². The van der Waals surface area contributed by atoms with Gasteiger partial charge in [-0.2, -0.15) is 0 Å². The Hall–Kier alpha value is -2.80. The first-order chi connectivity index (χ1) is 11.5. The Morgan fingerprint density at radius 2 is 1.42 bits per heavy atom. The molecule has 5 nitrogen and oxygen atoms in total. The van der Waals surface area contributed by atoms with Crippen LogP contribution in [0.5, 0.6) is 0 Å². The second kappa shape index (κ2) is 8.73. The summed E-state index contributed by atoms with van der Waals surface area (Å²) in [5.74, 6) is -1.01. The fourth-order valence-corrected chi connectivity index (χ4v) is 2.11. The smallest absolute Gasteiger partial charge is 0.242 e. The van der Waals surface area contributed by atoms with Crippen molar-refractivity contribution in [2.24, 2.45) is 0 Å². The lowest BCUT2D eigenvalue weighted by Gasteiger charge is -2.11. The molecule has 0 radical (unpaired) electrons. The standard InChI is InChI=1S/C17H16FN3O2S/c18-14-8-6-13(7-9-14)11-16(23)20-21-17(24)19-15(22)10-12-4-2-1-3-5-12/h1-9H,10-11H2,(H,20,23)(H2,19,21,22,24). The minimum Gasteiger partial charge on any atom is -0.302 e. The Morgan fingerprint density at radius 1 is 0.833 bits per heavy atom. The van der Waals surface area contributed by atoms with Gasteiger partial charge in [0.15, 0.2) is 5.11 Å². The van der Waals surface area contributed by atoms with E-state index in [1.807, 2.05) is 30.3 Å². The number of nitrogens with one attached hydrogen (secondary N) is 3. The van der Waals surface area contributed by atoms with Gasteiger partial charge in [-0.05, 0) is 35.5 Å². The number of thiocarbonyl (C=S) groups is 1. The van der Waals surface area contributed by atoms with Crippen molar-refractivity contribution in [2.45, 2.75) is 12.8 Å². The number of hydrogen-bond acceptors (Lipinski definition) is 3. The van der Waals surface area contributed by atoms with E-state index in [4.69, 9.17) is 12.2 Å². The maximum absolute atomic E-state index is 12.8. The van der Waals surface area contributed by atoms with Crippen molar-refractivity contribution in [3.05, 3.63) is 71.5 Å². The van der Waals surface area contributed by atoms with Crippen LogP contribution in [0.3, 0.4) is 0 Å². The van der Waals surface area contributed by atoms with E-state index < -0.39 is 0 Å². The number of rotatable bonds is 4. The summed E-state index contributed by atoms with van der Waals surface area (Å²) in [6.45, 7) is 0. The van der Waals surface area contributed by atoms with Crippen LogP contribution in [0.25, 0.3) is 0 Å². The SMILES string of the molecule is O=C(Cc1ccc(F)cc1)NNC(=S)NC(=O)Cc1ccccc1. The zero-order chi connectivity index (χ0) is 17.4. The summed E-state index contributed by atoms with van der Waals surface area (Å²) in [5, 5.41) is 2.48. The topological polar surface area (TPSA) is 70.2 Å². The molecule has 3 N–H and O–H groups in total. The monoisotopic (exact) mass is 345 g/mol. The van der Waals surface area contributed by atoms with E-state index in [-0.39, 0.29) is 35.6 Å². The molecular weight excluding hydrogens is 329 g/mol. The Labute approximate surface area is 144 Å². The number of carbonyl (C=O) groups is 2. The van der Waals surface area contributed by atoms with Gasteiger partial charge in [-0.3, -0.25) is 20.4 Å². The number of halogens is 1. The summed E-state index contributed by atoms with van der Waals surface area (Å²) in [6, 6.07) is 14.8. The Balaban J connectivity index is 1.71. The maximum atomic E-state index is 12.8. The molecule has 0 unspecified atom stereocenters. The molecule has 2 rings (SSSR count). The predicted octanol–water partition coefficient (Wildman–Crippen LogP) is 1.63. The van der Waals surface area contributed by atoms with E-state index in [9.17, 15) is 14.0 Å². The average molecular weight is 345 g/mol. The molecule has 0 aliphatic rings. The van der Waals surface area contributed by atoms with Crippen molar-refractivity contribution in [3.8, 4) is 0 Å². The molecule has 0 saturated heterocycles. The van der Waals surface area contributed by atoms with Crippen LogP contribution in [0.1, 0.15) is 11.1 Å². The van der Waals surface area contributed by atoms with Crippen molar-refractivity contribution in [3.63, 3.8) is 0 Å². The van der Waals surface area contributed by atoms with Gasteiger partial charge in [0.2, 0.25) is 11.8 Å². The van der Waals surface area contributed by atoms with Gasteiger partial charge in [-0.25, -0.2) is 4.39 Å². The number of hydrogen-bond donors (Lipinski definition) is 3. The van der Waals surface area contributed by atoms with E-state index in [0.29, 0.717) is 5.56 Å². The Morgan fingerprint density at radius 3 is 2.08 bits per heavy atom. The van der Waals surface area contributed by atoms with Crippen molar-refractivity contribution < 1.29 is 14.0 Å². The summed E-state index contributed by atoms with van der Waals surface area (Å²) < 4.78 is 12.8. The summed E-state index contributed by atoms with van der Waals surface area (Å²) in [4.78, 5) is 23.5. The average Bonchev–Trinajstić information content (AvgIpc) is 2.56. The number of amides is 2. The Kier molecular flexibility index (Phi) is 6.39.